The first-order chi connectivity index (χ1) is 12.9. The lowest BCUT2D eigenvalue weighted by atomic mass is 10.1. The first-order valence-electron chi connectivity index (χ1n) is 8.51. The second-order valence-electron chi connectivity index (χ2n) is 6.33. The number of hydrogen-bond acceptors (Lipinski definition) is 4. The van der Waals surface area contributed by atoms with Gasteiger partial charge in [0.05, 0.1) is 25.9 Å². The Morgan fingerprint density at radius 1 is 1.07 bits per heavy atom. The molecule has 0 radical (unpaired) electrons. The molecule has 144 valence electrons. The van der Waals surface area contributed by atoms with Gasteiger partial charge in [-0.15, -0.1) is 0 Å². The van der Waals surface area contributed by atoms with E-state index in [0.717, 1.165) is 5.56 Å². The van der Waals surface area contributed by atoms with Crippen molar-refractivity contribution < 1.29 is 14.3 Å². The number of hydrogen-bond donors (Lipinski definition) is 2. The zero-order chi connectivity index (χ0) is 19.8. The normalized spacial score (nSPS) is 10.6. The minimum absolute atomic E-state index is 0.0631. The van der Waals surface area contributed by atoms with Crippen LogP contribution in [-0.4, -0.2) is 44.0 Å². The molecule has 0 spiro atoms. The number of nitrogens with zero attached hydrogens (tertiary/aromatic N) is 1. The lowest BCUT2D eigenvalue weighted by Crippen LogP contribution is -2.38. The highest BCUT2D eigenvalue weighted by molar-refractivity contribution is 6.31. The van der Waals surface area contributed by atoms with Crippen molar-refractivity contribution in [2.24, 2.45) is 0 Å². The Morgan fingerprint density at radius 2 is 1.74 bits per heavy atom. The lowest BCUT2D eigenvalue weighted by molar-refractivity contribution is -0.123. The standard InChI is InChI=1S/C20H24ClN3O3/c1-14-4-6-15(7-5-14)11-22-19(25)12-24(2)13-20(26)23-17-10-16(21)8-9-18(17)27-3/h4-10H,11-13H2,1-3H3,(H,22,25)(H,23,26). The summed E-state index contributed by atoms with van der Waals surface area (Å²) in [6, 6.07) is 12.9. The molecule has 27 heavy (non-hydrogen) atoms. The molecule has 0 heterocycles. The molecule has 0 aliphatic heterocycles. The van der Waals surface area contributed by atoms with Gasteiger partial charge < -0.3 is 15.4 Å². The Kier molecular flexibility index (Phi) is 7.64. The highest BCUT2D eigenvalue weighted by Gasteiger charge is 2.13. The number of nitrogens with one attached hydrogen (secondary N) is 2. The molecule has 2 amide bonds. The fourth-order valence-electron chi connectivity index (χ4n) is 2.48. The Morgan fingerprint density at radius 3 is 2.41 bits per heavy atom. The molecule has 2 aromatic carbocycles. The van der Waals surface area contributed by atoms with Gasteiger partial charge in [0, 0.05) is 11.6 Å². The van der Waals surface area contributed by atoms with E-state index in [1.807, 2.05) is 31.2 Å². The average molecular weight is 390 g/mol. The molecule has 0 fully saturated rings. The molecule has 0 saturated heterocycles. The number of amides is 2. The van der Waals surface area contributed by atoms with E-state index in [1.165, 1.54) is 12.7 Å². The third-order valence-corrected chi connectivity index (χ3v) is 4.11. The molecule has 2 aromatic rings. The van der Waals surface area contributed by atoms with Gasteiger partial charge in [0.15, 0.2) is 0 Å². The van der Waals surface area contributed by atoms with Gasteiger partial charge >= 0.3 is 0 Å². The molecule has 2 N–H and O–H groups in total. The van der Waals surface area contributed by atoms with Crippen LogP contribution in [0.2, 0.25) is 5.02 Å². The van der Waals surface area contributed by atoms with Crippen molar-refractivity contribution in [1.29, 1.82) is 0 Å². The molecule has 0 unspecified atom stereocenters. The summed E-state index contributed by atoms with van der Waals surface area (Å²) in [5.41, 5.74) is 2.70. The van der Waals surface area contributed by atoms with Crippen LogP contribution in [0.15, 0.2) is 42.5 Å². The van der Waals surface area contributed by atoms with Crippen molar-refractivity contribution in [3.05, 3.63) is 58.6 Å². The Balaban J connectivity index is 1.79. The molecular formula is C20H24ClN3O3. The van der Waals surface area contributed by atoms with E-state index >= 15 is 0 Å². The number of rotatable bonds is 8. The minimum Gasteiger partial charge on any atom is -0.495 e. The number of anilines is 1. The maximum absolute atomic E-state index is 12.2. The zero-order valence-electron chi connectivity index (χ0n) is 15.7. The first kappa shape index (κ1) is 20.7. The molecular weight excluding hydrogens is 366 g/mol. The van der Waals surface area contributed by atoms with Gasteiger partial charge in [-0.25, -0.2) is 0 Å². The van der Waals surface area contributed by atoms with Crippen LogP contribution in [0, 0.1) is 6.92 Å². The molecule has 0 aliphatic carbocycles. The van der Waals surface area contributed by atoms with Crippen LogP contribution in [0.4, 0.5) is 5.69 Å². The van der Waals surface area contributed by atoms with E-state index in [0.29, 0.717) is 23.0 Å². The monoisotopic (exact) mass is 389 g/mol. The Labute approximate surface area is 164 Å². The van der Waals surface area contributed by atoms with Gasteiger partial charge in [0.2, 0.25) is 11.8 Å². The second kappa shape index (κ2) is 9.94. The van der Waals surface area contributed by atoms with E-state index in [-0.39, 0.29) is 24.9 Å². The molecule has 6 nitrogen and oxygen atoms in total. The Hall–Kier alpha value is -2.57. The number of methoxy groups -OCH3 is 1. The summed E-state index contributed by atoms with van der Waals surface area (Å²) in [5.74, 6) is 0.113. The van der Waals surface area contributed by atoms with Gasteiger partial charge in [-0.05, 0) is 37.7 Å². The van der Waals surface area contributed by atoms with E-state index in [1.54, 1.807) is 30.1 Å². The van der Waals surface area contributed by atoms with Gasteiger partial charge in [-0.2, -0.15) is 0 Å². The van der Waals surface area contributed by atoms with Gasteiger partial charge in [-0.3, -0.25) is 14.5 Å². The van der Waals surface area contributed by atoms with Crippen LogP contribution in [-0.2, 0) is 16.1 Å². The van der Waals surface area contributed by atoms with Crippen molar-refractivity contribution in [2.75, 3.05) is 32.6 Å². The summed E-state index contributed by atoms with van der Waals surface area (Å²) in [6.07, 6.45) is 0. The number of carbonyl (C=O) groups excluding carboxylic acids is 2. The molecule has 0 aliphatic rings. The average Bonchev–Trinajstić information content (AvgIpc) is 2.61. The summed E-state index contributed by atoms with van der Waals surface area (Å²) in [4.78, 5) is 25.9. The van der Waals surface area contributed by atoms with Gasteiger partial charge in [-0.1, -0.05) is 41.4 Å². The fourth-order valence-corrected chi connectivity index (χ4v) is 2.65. The highest BCUT2D eigenvalue weighted by atomic mass is 35.5. The third kappa shape index (κ3) is 6.92. The lowest BCUT2D eigenvalue weighted by Gasteiger charge is -2.17. The summed E-state index contributed by atoms with van der Waals surface area (Å²) < 4.78 is 5.20. The van der Waals surface area contributed by atoms with Crippen molar-refractivity contribution in [3.8, 4) is 5.75 Å². The Bertz CT molecular complexity index is 794. The molecule has 0 saturated carbocycles. The predicted molar refractivity (Wildman–Crippen MR) is 107 cm³/mol. The SMILES string of the molecule is COc1ccc(Cl)cc1NC(=O)CN(C)CC(=O)NCc1ccc(C)cc1. The number of likely N-dealkylation sites (N-methyl/N-ethyl adjacent to an activating group) is 1. The number of aryl methyl sites for hydroxylation is 1. The summed E-state index contributed by atoms with van der Waals surface area (Å²) in [7, 11) is 3.23. The van der Waals surface area contributed by atoms with Crippen molar-refractivity contribution in [1.82, 2.24) is 10.2 Å². The summed E-state index contributed by atoms with van der Waals surface area (Å²) in [5, 5.41) is 6.09. The van der Waals surface area contributed by atoms with Crippen LogP contribution in [0.3, 0.4) is 0 Å². The topological polar surface area (TPSA) is 70.7 Å². The minimum atomic E-state index is -0.260. The van der Waals surface area contributed by atoms with Gasteiger partial charge in [0.25, 0.3) is 0 Å². The van der Waals surface area contributed by atoms with E-state index in [2.05, 4.69) is 10.6 Å². The number of benzene rings is 2. The molecule has 0 bridgehead atoms. The van der Waals surface area contributed by atoms with E-state index < -0.39 is 0 Å². The second-order valence-corrected chi connectivity index (χ2v) is 6.76. The predicted octanol–water partition coefficient (Wildman–Crippen LogP) is 2.84. The van der Waals surface area contributed by atoms with Crippen molar-refractivity contribution in [2.45, 2.75) is 13.5 Å². The van der Waals surface area contributed by atoms with E-state index in [4.69, 9.17) is 16.3 Å². The third-order valence-electron chi connectivity index (χ3n) is 3.87. The van der Waals surface area contributed by atoms with Crippen LogP contribution < -0.4 is 15.4 Å². The van der Waals surface area contributed by atoms with Crippen molar-refractivity contribution >= 4 is 29.1 Å². The quantitative estimate of drug-likeness (QED) is 0.728. The number of ether oxygens (including phenoxy) is 1. The molecule has 7 heteroatoms. The maximum Gasteiger partial charge on any atom is 0.238 e. The van der Waals surface area contributed by atoms with Gasteiger partial charge in [0.1, 0.15) is 5.75 Å². The van der Waals surface area contributed by atoms with Crippen LogP contribution in [0.25, 0.3) is 0 Å². The molecule has 2 rings (SSSR count). The molecule has 0 atom stereocenters. The summed E-state index contributed by atoms with van der Waals surface area (Å²) in [6.45, 7) is 2.65. The smallest absolute Gasteiger partial charge is 0.238 e. The molecule has 0 aromatic heterocycles. The largest absolute Gasteiger partial charge is 0.495 e. The van der Waals surface area contributed by atoms with Crippen LogP contribution >= 0.6 is 11.6 Å². The number of halogens is 1. The highest BCUT2D eigenvalue weighted by Crippen LogP contribution is 2.27. The van der Waals surface area contributed by atoms with E-state index in [9.17, 15) is 9.59 Å². The first-order valence-corrected chi connectivity index (χ1v) is 8.89. The van der Waals surface area contributed by atoms with Crippen molar-refractivity contribution in [3.63, 3.8) is 0 Å². The zero-order valence-corrected chi connectivity index (χ0v) is 16.5. The fraction of sp³-hybridized carbons (Fsp3) is 0.300. The van der Waals surface area contributed by atoms with Crippen LogP contribution in [0.1, 0.15) is 11.1 Å². The van der Waals surface area contributed by atoms with Crippen LogP contribution in [0.5, 0.6) is 5.75 Å². The number of carbonyl (C=O) groups is 2. The summed E-state index contributed by atoms with van der Waals surface area (Å²) >= 11 is 5.96. The maximum atomic E-state index is 12.2.